The molecule has 0 spiro atoms. The molecule has 0 N–H and O–H groups in total. The standard InChI is InChI=1S/C12H16O/c1-8(2)11-6-5-9(3)12(7-13)10(11)4/h5-8H,1-4H3. The van der Waals surface area contributed by atoms with Gasteiger partial charge in [0.2, 0.25) is 0 Å². The Kier molecular flexibility index (Phi) is 2.86. The van der Waals surface area contributed by atoms with Crippen molar-refractivity contribution in [2.45, 2.75) is 33.6 Å². The topological polar surface area (TPSA) is 17.1 Å². The first-order valence-corrected chi connectivity index (χ1v) is 4.63. The van der Waals surface area contributed by atoms with Crippen LogP contribution in [-0.2, 0) is 0 Å². The molecule has 70 valence electrons. The molecule has 0 aliphatic heterocycles. The van der Waals surface area contributed by atoms with E-state index < -0.39 is 0 Å². The summed E-state index contributed by atoms with van der Waals surface area (Å²) in [6.45, 7) is 8.28. The first-order chi connectivity index (χ1) is 6.07. The number of rotatable bonds is 2. The smallest absolute Gasteiger partial charge is 0.150 e. The molecule has 0 aromatic heterocycles. The molecule has 13 heavy (non-hydrogen) atoms. The largest absolute Gasteiger partial charge is 0.298 e. The van der Waals surface area contributed by atoms with E-state index in [2.05, 4.69) is 19.9 Å². The van der Waals surface area contributed by atoms with Crippen LogP contribution in [0.15, 0.2) is 12.1 Å². The second-order valence-corrected chi connectivity index (χ2v) is 3.78. The molecule has 0 amide bonds. The van der Waals surface area contributed by atoms with Gasteiger partial charge in [-0.2, -0.15) is 0 Å². The second-order valence-electron chi connectivity index (χ2n) is 3.78. The Balaban J connectivity index is 3.35. The summed E-state index contributed by atoms with van der Waals surface area (Å²) in [6.07, 6.45) is 0.955. The molecule has 0 aliphatic carbocycles. The molecule has 0 bridgehead atoms. The number of aldehydes is 1. The van der Waals surface area contributed by atoms with Gasteiger partial charge in [-0.3, -0.25) is 4.79 Å². The average molecular weight is 176 g/mol. The van der Waals surface area contributed by atoms with Crippen LogP contribution in [0.5, 0.6) is 0 Å². The maximum absolute atomic E-state index is 10.8. The van der Waals surface area contributed by atoms with E-state index in [4.69, 9.17) is 0 Å². The van der Waals surface area contributed by atoms with Gasteiger partial charge in [-0.15, -0.1) is 0 Å². The van der Waals surface area contributed by atoms with E-state index in [1.165, 1.54) is 5.56 Å². The molecular weight excluding hydrogens is 160 g/mol. The molecule has 1 nitrogen and oxygen atoms in total. The van der Waals surface area contributed by atoms with Crippen LogP contribution in [0, 0.1) is 13.8 Å². The first kappa shape index (κ1) is 9.97. The third kappa shape index (κ3) is 1.80. The van der Waals surface area contributed by atoms with Crippen molar-refractivity contribution in [1.29, 1.82) is 0 Å². The van der Waals surface area contributed by atoms with Crippen LogP contribution in [0.1, 0.15) is 46.8 Å². The van der Waals surface area contributed by atoms with Crippen molar-refractivity contribution >= 4 is 6.29 Å². The van der Waals surface area contributed by atoms with E-state index in [1.807, 2.05) is 19.9 Å². The normalized spacial score (nSPS) is 10.5. The molecular formula is C12H16O. The fourth-order valence-electron chi connectivity index (χ4n) is 1.69. The molecule has 0 fully saturated rings. The highest BCUT2D eigenvalue weighted by molar-refractivity contribution is 5.80. The Labute approximate surface area is 79.8 Å². The van der Waals surface area contributed by atoms with E-state index in [0.717, 1.165) is 23.0 Å². The van der Waals surface area contributed by atoms with Gasteiger partial charge in [0.15, 0.2) is 6.29 Å². The van der Waals surface area contributed by atoms with Crippen molar-refractivity contribution in [2.24, 2.45) is 0 Å². The summed E-state index contributed by atoms with van der Waals surface area (Å²) in [5.41, 5.74) is 4.32. The van der Waals surface area contributed by atoms with Crippen LogP contribution in [0.3, 0.4) is 0 Å². The number of benzene rings is 1. The number of hydrogen-bond donors (Lipinski definition) is 0. The van der Waals surface area contributed by atoms with Gasteiger partial charge in [-0.05, 0) is 36.5 Å². The molecule has 1 rings (SSSR count). The van der Waals surface area contributed by atoms with E-state index in [0.29, 0.717) is 5.92 Å². The zero-order valence-electron chi connectivity index (χ0n) is 8.72. The van der Waals surface area contributed by atoms with Crippen LogP contribution < -0.4 is 0 Å². The molecule has 0 saturated carbocycles. The summed E-state index contributed by atoms with van der Waals surface area (Å²) in [4.78, 5) is 10.8. The van der Waals surface area contributed by atoms with E-state index in [-0.39, 0.29) is 0 Å². The predicted molar refractivity (Wildman–Crippen MR) is 55.4 cm³/mol. The molecule has 1 aromatic carbocycles. The van der Waals surface area contributed by atoms with Crippen molar-refractivity contribution in [2.75, 3.05) is 0 Å². The Bertz CT molecular complexity index is 324. The second kappa shape index (κ2) is 3.73. The number of carbonyl (C=O) groups excluding carboxylic acids is 1. The maximum Gasteiger partial charge on any atom is 0.150 e. The quantitative estimate of drug-likeness (QED) is 0.632. The summed E-state index contributed by atoms with van der Waals surface area (Å²) in [7, 11) is 0. The number of aryl methyl sites for hydroxylation is 1. The Morgan fingerprint density at radius 3 is 2.31 bits per heavy atom. The summed E-state index contributed by atoms with van der Waals surface area (Å²) < 4.78 is 0. The molecule has 1 heteroatoms. The Hall–Kier alpha value is -1.11. The van der Waals surface area contributed by atoms with Gasteiger partial charge in [-0.25, -0.2) is 0 Å². The molecule has 0 heterocycles. The minimum Gasteiger partial charge on any atom is -0.298 e. The van der Waals surface area contributed by atoms with Crippen molar-refractivity contribution < 1.29 is 4.79 Å². The molecule has 1 aromatic rings. The molecule has 0 unspecified atom stereocenters. The lowest BCUT2D eigenvalue weighted by molar-refractivity contribution is 0.112. The summed E-state index contributed by atoms with van der Waals surface area (Å²) in [6, 6.07) is 4.13. The minimum atomic E-state index is 0.485. The van der Waals surface area contributed by atoms with Gasteiger partial charge in [0.25, 0.3) is 0 Å². The third-order valence-electron chi connectivity index (χ3n) is 2.51. The fraction of sp³-hybridized carbons (Fsp3) is 0.417. The van der Waals surface area contributed by atoms with Gasteiger partial charge in [0, 0.05) is 5.56 Å². The lowest BCUT2D eigenvalue weighted by Crippen LogP contribution is -1.98. The molecule has 0 atom stereocenters. The lowest BCUT2D eigenvalue weighted by Gasteiger charge is -2.12. The van der Waals surface area contributed by atoms with Crippen molar-refractivity contribution in [3.05, 3.63) is 34.4 Å². The van der Waals surface area contributed by atoms with Crippen molar-refractivity contribution in [3.63, 3.8) is 0 Å². The average Bonchev–Trinajstić information content (AvgIpc) is 2.04. The summed E-state index contributed by atoms with van der Waals surface area (Å²) >= 11 is 0. The Morgan fingerprint density at radius 2 is 1.85 bits per heavy atom. The summed E-state index contributed by atoms with van der Waals surface area (Å²) in [5, 5.41) is 0. The lowest BCUT2D eigenvalue weighted by atomic mass is 9.92. The van der Waals surface area contributed by atoms with E-state index in [9.17, 15) is 4.79 Å². The van der Waals surface area contributed by atoms with Crippen LogP contribution in [0.2, 0.25) is 0 Å². The molecule has 0 aliphatic rings. The van der Waals surface area contributed by atoms with E-state index in [1.54, 1.807) is 0 Å². The van der Waals surface area contributed by atoms with Gasteiger partial charge in [-0.1, -0.05) is 26.0 Å². The fourth-order valence-corrected chi connectivity index (χ4v) is 1.69. The minimum absolute atomic E-state index is 0.485. The highest BCUT2D eigenvalue weighted by Crippen LogP contribution is 2.23. The zero-order chi connectivity index (χ0) is 10.0. The van der Waals surface area contributed by atoms with Crippen LogP contribution >= 0.6 is 0 Å². The number of hydrogen-bond acceptors (Lipinski definition) is 1. The van der Waals surface area contributed by atoms with Gasteiger partial charge >= 0.3 is 0 Å². The van der Waals surface area contributed by atoms with Crippen molar-refractivity contribution in [3.8, 4) is 0 Å². The summed E-state index contributed by atoms with van der Waals surface area (Å²) in [5.74, 6) is 0.485. The van der Waals surface area contributed by atoms with Gasteiger partial charge in [0.05, 0.1) is 0 Å². The van der Waals surface area contributed by atoms with Gasteiger partial charge < -0.3 is 0 Å². The monoisotopic (exact) mass is 176 g/mol. The molecule has 0 saturated heterocycles. The van der Waals surface area contributed by atoms with Gasteiger partial charge in [0.1, 0.15) is 0 Å². The van der Waals surface area contributed by atoms with Crippen LogP contribution in [0.4, 0.5) is 0 Å². The highest BCUT2D eigenvalue weighted by atomic mass is 16.1. The maximum atomic E-state index is 10.8. The Morgan fingerprint density at radius 1 is 1.23 bits per heavy atom. The highest BCUT2D eigenvalue weighted by Gasteiger charge is 2.08. The van der Waals surface area contributed by atoms with E-state index >= 15 is 0 Å². The SMILES string of the molecule is Cc1ccc(C(C)C)c(C)c1C=O. The van der Waals surface area contributed by atoms with Crippen LogP contribution in [-0.4, -0.2) is 6.29 Å². The molecule has 0 radical (unpaired) electrons. The predicted octanol–water partition coefficient (Wildman–Crippen LogP) is 3.24. The van der Waals surface area contributed by atoms with Crippen molar-refractivity contribution in [1.82, 2.24) is 0 Å². The first-order valence-electron chi connectivity index (χ1n) is 4.63. The zero-order valence-corrected chi connectivity index (χ0v) is 8.72. The number of carbonyl (C=O) groups is 1. The third-order valence-corrected chi connectivity index (χ3v) is 2.51. The van der Waals surface area contributed by atoms with Crippen LogP contribution in [0.25, 0.3) is 0 Å².